The van der Waals surface area contributed by atoms with Gasteiger partial charge >= 0.3 is 0 Å². The minimum atomic E-state index is -0.990. The van der Waals surface area contributed by atoms with E-state index in [0.717, 1.165) is 34.9 Å². The van der Waals surface area contributed by atoms with Crippen molar-refractivity contribution in [1.29, 1.82) is 0 Å². The molecule has 1 aliphatic rings. The van der Waals surface area contributed by atoms with Gasteiger partial charge in [0.15, 0.2) is 0 Å². The zero-order valence-corrected chi connectivity index (χ0v) is 19.0. The minimum Gasteiger partial charge on any atom is -0.492 e. The normalized spacial score (nSPS) is 19.1. The summed E-state index contributed by atoms with van der Waals surface area (Å²) in [5.41, 5.74) is 0.903. The number of carbonyl (C=O) groups excluding carboxylic acids is 1. The maximum Gasteiger partial charge on any atom is 0.234 e. The minimum absolute atomic E-state index is 0.0780. The maximum absolute atomic E-state index is 12.3. The first kappa shape index (κ1) is 23.4. The number of hydrogen-bond acceptors (Lipinski definition) is 5. The molecule has 0 aliphatic carbocycles. The Balaban J connectivity index is 1.42. The molecule has 1 fully saturated rings. The summed E-state index contributed by atoms with van der Waals surface area (Å²) in [6.45, 7) is 6.30. The molecule has 7 heteroatoms. The van der Waals surface area contributed by atoms with Crippen LogP contribution in [0.1, 0.15) is 24.0 Å². The van der Waals surface area contributed by atoms with Gasteiger partial charge in [-0.15, -0.1) is 0 Å². The molecule has 0 bridgehead atoms. The number of nitrogens with one attached hydrogen (secondary N) is 1. The van der Waals surface area contributed by atoms with E-state index in [1.54, 1.807) is 0 Å². The first-order chi connectivity index (χ1) is 14.8. The van der Waals surface area contributed by atoms with Gasteiger partial charge in [0.1, 0.15) is 30.3 Å². The van der Waals surface area contributed by atoms with Gasteiger partial charge in [0.2, 0.25) is 5.91 Å². The molecule has 31 heavy (non-hydrogen) atoms. The Morgan fingerprint density at radius 2 is 1.87 bits per heavy atom. The zero-order valence-electron chi connectivity index (χ0n) is 18.2. The average molecular weight is 447 g/mol. The average Bonchev–Trinajstić information content (AvgIpc) is 2.74. The van der Waals surface area contributed by atoms with E-state index < -0.39 is 5.60 Å². The molecular formula is C24H31ClN2O4. The monoisotopic (exact) mass is 446 g/mol. The molecule has 3 rings (SSSR count). The molecular weight excluding hydrogens is 416 g/mol. The summed E-state index contributed by atoms with van der Waals surface area (Å²) < 4.78 is 11.5. The van der Waals surface area contributed by atoms with Gasteiger partial charge in [0, 0.05) is 11.6 Å². The van der Waals surface area contributed by atoms with E-state index in [2.05, 4.69) is 5.32 Å². The lowest BCUT2D eigenvalue weighted by molar-refractivity contribution is -0.124. The van der Waals surface area contributed by atoms with Crippen LogP contribution in [-0.2, 0) is 4.79 Å². The highest BCUT2D eigenvalue weighted by Gasteiger charge is 2.34. The number of benzene rings is 2. The van der Waals surface area contributed by atoms with Gasteiger partial charge in [-0.1, -0.05) is 29.8 Å². The largest absolute Gasteiger partial charge is 0.492 e. The molecule has 0 radical (unpaired) electrons. The van der Waals surface area contributed by atoms with Crippen LogP contribution < -0.4 is 14.8 Å². The lowest BCUT2D eigenvalue weighted by atomic mass is 9.93. The number of aliphatic hydroxyl groups is 1. The number of amides is 1. The van der Waals surface area contributed by atoms with Crippen molar-refractivity contribution in [2.75, 3.05) is 39.4 Å². The molecule has 168 valence electrons. The summed E-state index contributed by atoms with van der Waals surface area (Å²) in [4.78, 5) is 14.3. The van der Waals surface area contributed by atoms with Crippen molar-refractivity contribution in [1.82, 2.24) is 10.2 Å². The van der Waals surface area contributed by atoms with Crippen molar-refractivity contribution in [3.8, 4) is 11.5 Å². The molecule has 2 aromatic rings. The molecule has 1 atom stereocenters. The third-order valence-corrected chi connectivity index (χ3v) is 5.95. The van der Waals surface area contributed by atoms with E-state index in [0.29, 0.717) is 31.9 Å². The fraction of sp³-hybridized carbons (Fsp3) is 0.458. The molecule has 2 N–H and O–H groups in total. The van der Waals surface area contributed by atoms with E-state index in [4.69, 9.17) is 21.1 Å². The van der Waals surface area contributed by atoms with Crippen LogP contribution in [0.4, 0.5) is 0 Å². The van der Waals surface area contributed by atoms with Gasteiger partial charge in [-0.3, -0.25) is 9.69 Å². The summed E-state index contributed by atoms with van der Waals surface area (Å²) in [5.74, 6) is 1.40. The van der Waals surface area contributed by atoms with Crippen LogP contribution in [0.5, 0.6) is 11.5 Å². The van der Waals surface area contributed by atoms with Gasteiger partial charge in [-0.2, -0.15) is 0 Å². The second kappa shape index (κ2) is 10.8. The lowest BCUT2D eigenvalue weighted by Crippen LogP contribution is -2.53. The highest BCUT2D eigenvalue weighted by molar-refractivity contribution is 6.32. The number of carbonyl (C=O) groups is 1. The Kier molecular flexibility index (Phi) is 8.18. The number of nitrogens with zero attached hydrogens (tertiary/aromatic N) is 1. The molecule has 1 heterocycles. The first-order valence-corrected chi connectivity index (χ1v) is 11.0. The van der Waals surface area contributed by atoms with Crippen LogP contribution in [0.3, 0.4) is 0 Å². The summed E-state index contributed by atoms with van der Waals surface area (Å²) in [5, 5.41) is 14.6. The second-order valence-electron chi connectivity index (χ2n) is 8.21. The van der Waals surface area contributed by atoms with Crippen LogP contribution in [0, 0.1) is 13.8 Å². The number of β-amino-alcohol motifs (C(OH)–C–C–N with tert-alkyl or cyclic N) is 1. The maximum atomic E-state index is 12.3. The third-order valence-electron chi connectivity index (χ3n) is 5.36. The van der Waals surface area contributed by atoms with Crippen LogP contribution in [-0.4, -0.2) is 60.9 Å². The van der Waals surface area contributed by atoms with E-state index in [-0.39, 0.29) is 19.1 Å². The number of halogens is 1. The molecule has 1 aliphatic heterocycles. The molecule has 0 spiro atoms. The lowest BCUT2D eigenvalue weighted by Gasteiger charge is -2.38. The number of aryl methyl sites for hydroxylation is 2. The van der Waals surface area contributed by atoms with Gasteiger partial charge in [0.05, 0.1) is 13.1 Å². The fourth-order valence-corrected chi connectivity index (χ4v) is 3.91. The Labute approximate surface area is 189 Å². The zero-order chi connectivity index (χ0) is 22.3. The number of para-hydroxylation sites is 1. The van der Waals surface area contributed by atoms with Gasteiger partial charge < -0.3 is 19.9 Å². The SMILES string of the molecule is Cc1cc(OC[C@]2(O)CCCN(CC(=O)NCCOc3ccccc3)C2)cc(C)c1Cl. The Hall–Kier alpha value is -2.28. The van der Waals surface area contributed by atoms with Crippen molar-refractivity contribution in [2.24, 2.45) is 0 Å². The molecule has 1 saturated heterocycles. The first-order valence-electron chi connectivity index (χ1n) is 10.6. The van der Waals surface area contributed by atoms with Crippen molar-refractivity contribution >= 4 is 17.5 Å². The molecule has 0 unspecified atom stereocenters. The van der Waals surface area contributed by atoms with Crippen molar-refractivity contribution in [3.05, 3.63) is 58.6 Å². The summed E-state index contributed by atoms with van der Waals surface area (Å²) >= 11 is 6.21. The number of likely N-dealkylation sites (tertiary alicyclic amines) is 1. The van der Waals surface area contributed by atoms with Crippen molar-refractivity contribution in [3.63, 3.8) is 0 Å². The number of hydrogen-bond donors (Lipinski definition) is 2. The standard InChI is InChI=1S/C24H31ClN2O4/c1-18-13-21(14-19(2)23(18)25)31-17-24(29)9-6-11-27(16-24)15-22(28)26-10-12-30-20-7-4-3-5-8-20/h3-5,7-8,13-14,29H,6,9-12,15-17H2,1-2H3,(H,26,28)/t24-/m0/s1. The van der Waals surface area contributed by atoms with Crippen molar-refractivity contribution in [2.45, 2.75) is 32.3 Å². The fourth-order valence-electron chi connectivity index (χ4n) is 3.80. The highest BCUT2D eigenvalue weighted by Crippen LogP contribution is 2.28. The van der Waals surface area contributed by atoms with E-state index >= 15 is 0 Å². The van der Waals surface area contributed by atoms with Crippen LogP contribution in [0.25, 0.3) is 0 Å². The van der Waals surface area contributed by atoms with Crippen molar-refractivity contribution < 1.29 is 19.4 Å². The summed E-state index contributed by atoms with van der Waals surface area (Å²) in [6.07, 6.45) is 1.45. The van der Waals surface area contributed by atoms with Gasteiger partial charge in [-0.05, 0) is 68.6 Å². The third kappa shape index (κ3) is 7.13. The van der Waals surface area contributed by atoms with E-state index in [1.807, 2.05) is 61.2 Å². The summed E-state index contributed by atoms with van der Waals surface area (Å²) in [7, 11) is 0. The molecule has 2 aromatic carbocycles. The molecule has 6 nitrogen and oxygen atoms in total. The van der Waals surface area contributed by atoms with Gasteiger partial charge in [-0.25, -0.2) is 0 Å². The molecule has 0 saturated carbocycles. The quantitative estimate of drug-likeness (QED) is 0.578. The highest BCUT2D eigenvalue weighted by atomic mass is 35.5. The molecule has 1 amide bonds. The van der Waals surface area contributed by atoms with Crippen LogP contribution in [0.2, 0.25) is 5.02 Å². The Morgan fingerprint density at radius 3 is 2.58 bits per heavy atom. The number of piperidine rings is 1. The van der Waals surface area contributed by atoms with Gasteiger partial charge in [0.25, 0.3) is 0 Å². The number of rotatable bonds is 9. The summed E-state index contributed by atoms with van der Waals surface area (Å²) in [6, 6.07) is 13.3. The topological polar surface area (TPSA) is 71.0 Å². The molecule has 0 aromatic heterocycles. The smallest absolute Gasteiger partial charge is 0.234 e. The second-order valence-corrected chi connectivity index (χ2v) is 8.59. The van der Waals surface area contributed by atoms with Crippen LogP contribution >= 0.6 is 11.6 Å². The Bertz CT molecular complexity index is 854. The Morgan fingerprint density at radius 1 is 1.16 bits per heavy atom. The van der Waals surface area contributed by atoms with E-state index in [1.165, 1.54) is 0 Å². The predicted octanol–water partition coefficient (Wildman–Crippen LogP) is 3.36. The van der Waals surface area contributed by atoms with Crippen LogP contribution in [0.15, 0.2) is 42.5 Å². The number of ether oxygens (including phenoxy) is 2. The van der Waals surface area contributed by atoms with E-state index in [9.17, 15) is 9.90 Å². The predicted molar refractivity (Wildman–Crippen MR) is 122 cm³/mol.